The average molecular weight is 168 g/mol. The van der Waals surface area contributed by atoms with Crippen molar-refractivity contribution >= 4 is 5.78 Å². The molecular formula is C11H20O. The van der Waals surface area contributed by atoms with Gasteiger partial charge in [0.2, 0.25) is 0 Å². The Hall–Kier alpha value is -0.590. The zero-order valence-electron chi connectivity index (χ0n) is 8.63. The second-order valence-electron chi connectivity index (χ2n) is 3.65. The maximum atomic E-state index is 10.7. The van der Waals surface area contributed by atoms with Crippen LogP contribution in [0.15, 0.2) is 12.2 Å². The SMILES string of the molecule is CCC(C)C=CC(C)CC(C)=O. The van der Waals surface area contributed by atoms with Crippen LogP contribution in [0, 0.1) is 11.8 Å². The van der Waals surface area contributed by atoms with Gasteiger partial charge in [0.25, 0.3) is 0 Å². The summed E-state index contributed by atoms with van der Waals surface area (Å²) < 4.78 is 0. The van der Waals surface area contributed by atoms with Gasteiger partial charge in [0, 0.05) is 6.42 Å². The maximum Gasteiger partial charge on any atom is 0.130 e. The van der Waals surface area contributed by atoms with Crippen molar-refractivity contribution in [3.63, 3.8) is 0 Å². The Morgan fingerprint density at radius 2 is 1.75 bits per heavy atom. The van der Waals surface area contributed by atoms with Gasteiger partial charge in [-0.25, -0.2) is 0 Å². The lowest BCUT2D eigenvalue weighted by Gasteiger charge is -2.04. The minimum atomic E-state index is 0.274. The van der Waals surface area contributed by atoms with Gasteiger partial charge in [-0.2, -0.15) is 0 Å². The van der Waals surface area contributed by atoms with E-state index in [2.05, 4.69) is 32.9 Å². The van der Waals surface area contributed by atoms with Gasteiger partial charge in [-0.1, -0.05) is 39.3 Å². The van der Waals surface area contributed by atoms with E-state index in [-0.39, 0.29) is 5.78 Å². The summed E-state index contributed by atoms with van der Waals surface area (Å²) >= 11 is 0. The maximum absolute atomic E-state index is 10.7. The summed E-state index contributed by atoms with van der Waals surface area (Å²) in [5, 5.41) is 0. The number of rotatable bonds is 5. The summed E-state index contributed by atoms with van der Waals surface area (Å²) in [5.41, 5.74) is 0. The van der Waals surface area contributed by atoms with Crippen molar-refractivity contribution in [3.8, 4) is 0 Å². The second-order valence-corrected chi connectivity index (χ2v) is 3.65. The van der Waals surface area contributed by atoms with E-state index in [1.165, 1.54) is 6.42 Å². The van der Waals surface area contributed by atoms with E-state index in [0.29, 0.717) is 18.3 Å². The predicted molar refractivity (Wildman–Crippen MR) is 53.1 cm³/mol. The molecule has 0 rings (SSSR count). The van der Waals surface area contributed by atoms with Crippen LogP contribution in [0.2, 0.25) is 0 Å². The first-order valence-corrected chi connectivity index (χ1v) is 4.74. The monoisotopic (exact) mass is 168 g/mol. The van der Waals surface area contributed by atoms with Crippen molar-refractivity contribution in [1.82, 2.24) is 0 Å². The molecule has 0 aromatic rings. The molecule has 0 spiro atoms. The van der Waals surface area contributed by atoms with Crippen molar-refractivity contribution in [2.45, 2.75) is 40.5 Å². The fourth-order valence-electron chi connectivity index (χ4n) is 1.04. The van der Waals surface area contributed by atoms with Crippen LogP contribution >= 0.6 is 0 Å². The molecule has 12 heavy (non-hydrogen) atoms. The van der Waals surface area contributed by atoms with Crippen LogP contribution in [0.5, 0.6) is 0 Å². The molecule has 2 unspecified atom stereocenters. The molecule has 0 saturated heterocycles. The number of ketones is 1. The van der Waals surface area contributed by atoms with Gasteiger partial charge in [-0.15, -0.1) is 0 Å². The van der Waals surface area contributed by atoms with Crippen molar-refractivity contribution in [2.24, 2.45) is 11.8 Å². The Labute approximate surface area is 75.9 Å². The summed E-state index contributed by atoms with van der Waals surface area (Å²) in [4.78, 5) is 10.7. The molecule has 0 heterocycles. The third-order valence-electron chi connectivity index (χ3n) is 2.02. The van der Waals surface area contributed by atoms with E-state index in [4.69, 9.17) is 0 Å². The van der Waals surface area contributed by atoms with E-state index in [1.807, 2.05) is 0 Å². The fraction of sp³-hybridized carbons (Fsp3) is 0.727. The van der Waals surface area contributed by atoms with Crippen LogP contribution in [-0.2, 0) is 4.79 Å². The van der Waals surface area contributed by atoms with Crippen LogP contribution in [0.3, 0.4) is 0 Å². The van der Waals surface area contributed by atoms with E-state index in [1.54, 1.807) is 6.92 Å². The van der Waals surface area contributed by atoms with Crippen molar-refractivity contribution in [2.75, 3.05) is 0 Å². The zero-order valence-corrected chi connectivity index (χ0v) is 8.63. The molecule has 0 radical (unpaired) electrons. The van der Waals surface area contributed by atoms with Gasteiger partial charge in [0.1, 0.15) is 5.78 Å². The lowest BCUT2D eigenvalue weighted by atomic mass is 10.0. The largest absolute Gasteiger partial charge is 0.300 e. The van der Waals surface area contributed by atoms with Gasteiger partial charge < -0.3 is 4.79 Å². The van der Waals surface area contributed by atoms with Crippen LogP contribution in [0.1, 0.15) is 40.5 Å². The highest BCUT2D eigenvalue weighted by Crippen LogP contribution is 2.08. The summed E-state index contributed by atoms with van der Waals surface area (Å²) in [5.74, 6) is 1.31. The molecule has 0 aliphatic rings. The van der Waals surface area contributed by atoms with Gasteiger partial charge >= 0.3 is 0 Å². The molecule has 2 atom stereocenters. The van der Waals surface area contributed by atoms with E-state index < -0.39 is 0 Å². The Balaban J connectivity index is 3.74. The average Bonchev–Trinajstić information content (AvgIpc) is 1.99. The molecular weight excluding hydrogens is 148 g/mol. The molecule has 0 saturated carbocycles. The van der Waals surface area contributed by atoms with Crippen LogP contribution in [0.25, 0.3) is 0 Å². The summed E-state index contributed by atoms with van der Waals surface area (Å²) in [6, 6.07) is 0. The lowest BCUT2D eigenvalue weighted by Crippen LogP contribution is -1.98. The van der Waals surface area contributed by atoms with Crippen LogP contribution in [-0.4, -0.2) is 5.78 Å². The molecule has 0 aliphatic carbocycles. The van der Waals surface area contributed by atoms with Crippen LogP contribution in [0.4, 0.5) is 0 Å². The number of Topliss-reactive ketones (excluding diaryl/α,β-unsaturated/α-hetero) is 1. The van der Waals surface area contributed by atoms with E-state index >= 15 is 0 Å². The number of hydrogen-bond acceptors (Lipinski definition) is 1. The van der Waals surface area contributed by atoms with Crippen molar-refractivity contribution < 1.29 is 4.79 Å². The Morgan fingerprint density at radius 1 is 1.25 bits per heavy atom. The molecule has 0 aliphatic heterocycles. The first-order valence-electron chi connectivity index (χ1n) is 4.74. The molecule has 0 aromatic heterocycles. The van der Waals surface area contributed by atoms with E-state index in [0.717, 1.165) is 0 Å². The minimum Gasteiger partial charge on any atom is -0.300 e. The molecule has 0 aromatic carbocycles. The normalized spacial score (nSPS) is 16.3. The highest BCUT2D eigenvalue weighted by atomic mass is 16.1. The number of carbonyl (C=O) groups is 1. The third-order valence-corrected chi connectivity index (χ3v) is 2.02. The quantitative estimate of drug-likeness (QED) is 0.576. The van der Waals surface area contributed by atoms with Crippen molar-refractivity contribution in [3.05, 3.63) is 12.2 Å². The summed E-state index contributed by atoms with van der Waals surface area (Å²) in [7, 11) is 0. The zero-order chi connectivity index (χ0) is 9.56. The Morgan fingerprint density at radius 3 is 2.17 bits per heavy atom. The first-order chi connectivity index (χ1) is 5.56. The minimum absolute atomic E-state index is 0.274. The van der Waals surface area contributed by atoms with Crippen molar-refractivity contribution in [1.29, 1.82) is 0 Å². The third kappa shape index (κ3) is 6.14. The standard InChI is InChI=1S/C11H20O/c1-5-9(2)6-7-10(3)8-11(4)12/h6-7,9-10H,5,8H2,1-4H3. The molecule has 0 bridgehead atoms. The molecule has 0 fully saturated rings. The summed E-state index contributed by atoms with van der Waals surface area (Å²) in [6.07, 6.45) is 6.19. The van der Waals surface area contributed by atoms with Gasteiger partial charge in [0.15, 0.2) is 0 Å². The van der Waals surface area contributed by atoms with Crippen LogP contribution < -0.4 is 0 Å². The topological polar surface area (TPSA) is 17.1 Å². The fourth-order valence-corrected chi connectivity index (χ4v) is 1.04. The number of allylic oxidation sites excluding steroid dienone is 2. The van der Waals surface area contributed by atoms with E-state index in [9.17, 15) is 4.79 Å². The summed E-state index contributed by atoms with van der Waals surface area (Å²) in [6.45, 7) is 8.09. The Kier molecular flexibility index (Phi) is 5.69. The smallest absolute Gasteiger partial charge is 0.130 e. The number of carbonyl (C=O) groups excluding carboxylic acids is 1. The first kappa shape index (κ1) is 11.4. The molecule has 1 nitrogen and oxygen atoms in total. The number of hydrogen-bond donors (Lipinski definition) is 0. The predicted octanol–water partition coefficient (Wildman–Crippen LogP) is 3.20. The molecule has 0 amide bonds. The molecule has 0 N–H and O–H groups in total. The Bertz CT molecular complexity index is 158. The molecule has 70 valence electrons. The second kappa shape index (κ2) is 5.99. The molecule has 1 heteroatoms. The highest BCUT2D eigenvalue weighted by Gasteiger charge is 2.00. The van der Waals surface area contributed by atoms with Gasteiger partial charge in [-0.05, 0) is 18.8 Å². The van der Waals surface area contributed by atoms with Gasteiger partial charge in [-0.3, -0.25) is 0 Å². The van der Waals surface area contributed by atoms with Gasteiger partial charge in [0.05, 0.1) is 0 Å². The highest BCUT2D eigenvalue weighted by molar-refractivity contribution is 5.75. The lowest BCUT2D eigenvalue weighted by molar-refractivity contribution is -0.117.